The quantitative estimate of drug-likeness (QED) is 0.803. The van der Waals surface area contributed by atoms with Gasteiger partial charge in [0.2, 0.25) is 0 Å². The third-order valence-corrected chi connectivity index (χ3v) is 2.10. The molecule has 5 heteroatoms. The molecule has 1 aromatic carbocycles. The number of aromatic nitrogens is 2. The molecule has 0 atom stereocenters. The molecular weight excluding hydrogens is 214 g/mol. The zero-order chi connectivity index (χ0) is 11.5. The molecule has 16 heavy (non-hydrogen) atoms. The molecule has 0 aliphatic carbocycles. The first-order chi connectivity index (χ1) is 7.65. The molecule has 0 aliphatic rings. The number of rotatable bonds is 3. The van der Waals surface area contributed by atoms with Crippen LogP contribution in [0.2, 0.25) is 0 Å². The van der Waals surface area contributed by atoms with Gasteiger partial charge in [-0.05, 0) is 24.6 Å². The largest absolute Gasteiger partial charge is 0.345 e. The average Bonchev–Trinajstić information content (AvgIpc) is 2.25. The molecule has 0 unspecified atom stereocenters. The SMILES string of the molecule is Cc1ccc2ncc(COC(F)F)nc2c1. The van der Waals surface area contributed by atoms with Crippen molar-refractivity contribution >= 4 is 11.0 Å². The molecule has 0 fully saturated rings. The van der Waals surface area contributed by atoms with Crippen LogP contribution in [0.3, 0.4) is 0 Å². The van der Waals surface area contributed by atoms with E-state index in [0.717, 1.165) is 11.1 Å². The van der Waals surface area contributed by atoms with Crippen LogP contribution in [0.25, 0.3) is 11.0 Å². The molecule has 0 N–H and O–H groups in total. The zero-order valence-electron chi connectivity index (χ0n) is 8.65. The van der Waals surface area contributed by atoms with Crippen molar-refractivity contribution in [3.8, 4) is 0 Å². The third-order valence-electron chi connectivity index (χ3n) is 2.10. The Hall–Kier alpha value is -1.62. The van der Waals surface area contributed by atoms with Gasteiger partial charge in [-0.2, -0.15) is 8.78 Å². The lowest BCUT2D eigenvalue weighted by molar-refractivity contribution is -0.137. The van der Waals surface area contributed by atoms with E-state index in [1.54, 1.807) is 0 Å². The number of nitrogens with zero attached hydrogens (tertiary/aromatic N) is 2. The summed E-state index contributed by atoms with van der Waals surface area (Å²) in [5.41, 5.74) is 2.88. The van der Waals surface area contributed by atoms with E-state index < -0.39 is 6.61 Å². The second kappa shape index (κ2) is 4.49. The maximum atomic E-state index is 11.8. The van der Waals surface area contributed by atoms with Crippen LogP contribution in [0.15, 0.2) is 24.4 Å². The Morgan fingerprint density at radius 2 is 2.12 bits per heavy atom. The Labute approximate surface area is 91.1 Å². The molecular formula is C11H10F2N2O. The minimum absolute atomic E-state index is 0.228. The van der Waals surface area contributed by atoms with E-state index in [1.165, 1.54) is 6.20 Å². The van der Waals surface area contributed by atoms with Gasteiger partial charge in [0.15, 0.2) is 0 Å². The number of halogens is 2. The first-order valence-electron chi connectivity index (χ1n) is 4.77. The normalized spacial score (nSPS) is 11.2. The summed E-state index contributed by atoms with van der Waals surface area (Å²) in [6.45, 7) is -1.08. The fraction of sp³-hybridized carbons (Fsp3) is 0.273. The lowest BCUT2D eigenvalue weighted by atomic mass is 10.2. The second-order valence-corrected chi connectivity index (χ2v) is 3.43. The predicted octanol–water partition coefficient (Wildman–Crippen LogP) is 2.68. The number of aryl methyl sites for hydroxylation is 1. The monoisotopic (exact) mass is 224 g/mol. The van der Waals surface area contributed by atoms with Gasteiger partial charge in [0, 0.05) is 0 Å². The second-order valence-electron chi connectivity index (χ2n) is 3.43. The van der Waals surface area contributed by atoms with Crippen LogP contribution in [0.4, 0.5) is 8.78 Å². The van der Waals surface area contributed by atoms with E-state index in [4.69, 9.17) is 0 Å². The molecule has 0 spiro atoms. The van der Waals surface area contributed by atoms with Crippen molar-refractivity contribution in [3.63, 3.8) is 0 Å². The standard InChI is InChI=1S/C11H10F2N2O/c1-7-2-3-9-10(4-7)15-8(5-14-9)6-16-11(12)13/h2-5,11H,6H2,1H3. The van der Waals surface area contributed by atoms with Crippen molar-refractivity contribution < 1.29 is 13.5 Å². The zero-order valence-corrected chi connectivity index (χ0v) is 8.65. The van der Waals surface area contributed by atoms with E-state index in [1.807, 2.05) is 25.1 Å². The topological polar surface area (TPSA) is 35.0 Å². The highest BCUT2D eigenvalue weighted by Crippen LogP contribution is 2.12. The van der Waals surface area contributed by atoms with Crippen LogP contribution < -0.4 is 0 Å². The number of benzene rings is 1. The van der Waals surface area contributed by atoms with Crippen LogP contribution in [0, 0.1) is 6.92 Å². The Morgan fingerprint density at radius 1 is 1.31 bits per heavy atom. The van der Waals surface area contributed by atoms with E-state index >= 15 is 0 Å². The van der Waals surface area contributed by atoms with Gasteiger partial charge >= 0.3 is 6.61 Å². The summed E-state index contributed by atoms with van der Waals surface area (Å²) in [6, 6.07) is 5.62. The number of hydrogen-bond acceptors (Lipinski definition) is 3. The maximum absolute atomic E-state index is 11.8. The molecule has 0 saturated carbocycles. The molecule has 1 aromatic heterocycles. The van der Waals surface area contributed by atoms with Crippen molar-refractivity contribution in [3.05, 3.63) is 35.7 Å². The first-order valence-corrected chi connectivity index (χ1v) is 4.77. The molecule has 0 saturated heterocycles. The maximum Gasteiger partial charge on any atom is 0.345 e. The van der Waals surface area contributed by atoms with Gasteiger partial charge in [-0.15, -0.1) is 0 Å². The van der Waals surface area contributed by atoms with Crippen LogP contribution in [-0.2, 0) is 11.3 Å². The van der Waals surface area contributed by atoms with Gasteiger partial charge in [0.25, 0.3) is 0 Å². The van der Waals surface area contributed by atoms with Gasteiger partial charge in [0.05, 0.1) is 29.5 Å². The number of ether oxygens (including phenoxy) is 1. The van der Waals surface area contributed by atoms with Crippen molar-refractivity contribution in [2.75, 3.05) is 0 Å². The Kier molecular flexibility index (Phi) is 3.05. The molecule has 2 aromatic rings. The Balaban J connectivity index is 2.28. The fourth-order valence-electron chi connectivity index (χ4n) is 1.38. The summed E-state index contributed by atoms with van der Waals surface area (Å²) in [5, 5.41) is 0. The number of fused-ring (bicyclic) bond motifs is 1. The average molecular weight is 224 g/mol. The number of alkyl halides is 2. The van der Waals surface area contributed by atoms with Crippen molar-refractivity contribution in [2.45, 2.75) is 20.1 Å². The first kappa shape index (κ1) is 10.9. The molecule has 1 heterocycles. The van der Waals surface area contributed by atoms with E-state index in [9.17, 15) is 8.78 Å². The van der Waals surface area contributed by atoms with Gasteiger partial charge in [-0.3, -0.25) is 4.98 Å². The molecule has 3 nitrogen and oxygen atoms in total. The van der Waals surface area contributed by atoms with Gasteiger partial charge in [-0.25, -0.2) is 4.98 Å². The summed E-state index contributed by atoms with van der Waals surface area (Å²) in [5.74, 6) is 0. The highest BCUT2D eigenvalue weighted by molar-refractivity contribution is 5.74. The van der Waals surface area contributed by atoms with Crippen LogP contribution in [0.5, 0.6) is 0 Å². The Bertz CT molecular complexity index is 502. The molecule has 0 bridgehead atoms. The van der Waals surface area contributed by atoms with Crippen LogP contribution in [0.1, 0.15) is 11.3 Å². The highest BCUT2D eigenvalue weighted by atomic mass is 19.3. The van der Waals surface area contributed by atoms with Crippen molar-refractivity contribution in [2.24, 2.45) is 0 Å². The van der Waals surface area contributed by atoms with E-state index in [0.29, 0.717) is 11.2 Å². The van der Waals surface area contributed by atoms with E-state index in [2.05, 4.69) is 14.7 Å². The summed E-state index contributed by atoms with van der Waals surface area (Å²) in [6.07, 6.45) is 1.44. The van der Waals surface area contributed by atoms with Gasteiger partial charge in [-0.1, -0.05) is 6.07 Å². The molecule has 0 aliphatic heterocycles. The molecule has 0 radical (unpaired) electrons. The lowest BCUT2D eigenvalue weighted by Crippen LogP contribution is -2.01. The van der Waals surface area contributed by atoms with E-state index in [-0.39, 0.29) is 6.61 Å². The molecule has 0 amide bonds. The minimum atomic E-state index is -2.78. The Morgan fingerprint density at radius 3 is 2.88 bits per heavy atom. The molecule has 2 rings (SSSR count). The third kappa shape index (κ3) is 2.49. The van der Waals surface area contributed by atoms with Crippen molar-refractivity contribution in [1.29, 1.82) is 0 Å². The number of hydrogen-bond donors (Lipinski definition) is 0. The summed E-state index contributed by atoms with van der Waals surface area (Å²) in [4.78, 5) is 8.30. The summed E-state index contributed by atoms with van der Waals surface area (Å²) in [7, 11) is 0. The molecule has 84 valence electrons. The van der Waals surface area contributed by atoms with Crippen molar-refractivity contribution in [1.82, 2.24) is 9.97 Å². The summed E-state index contributed by atoms with van der Waals surface area (Å²) >= 11 is 0. The van der Waals surface area contributed by atoms with Crippen LogP contribution in [-0.4, -0.2) is 16.6 Å². The smallest absolute Gasteiger partial charge is 0.316 e. The minimum Gasteiger partial charge on any atom is -0.316 e. The van der Waals surface area contributed by atoms with Gasteiger partial charge < -0.3 is 4.74 Å². The predicted molar refractivity (Wildman–Crippen MR) is 55.1 cm³/mol. The summed E-state index contributed by atoms with van der Waals surface area (Å²) < 4.78 is 27.8. The highest BCUT2D eigenvalue weighted by Gasteiger charge is 2.05. The lowest BCUT2D eigenvalue weighted by Gasteiger charge is -2.03. The van der Waals surface area contributed by atoms with Gasteiger partial charge in [0.1, 0.15) is 0 Å². The fourth-order valence-corrected chi connectivity index (χ4v) is 1.38. The van der Waals surface area contributed by atoms with Crippen LogP contribution >= 0.6 is 0 Å².